The average Bonchev–Trinajstić information content (AvgIpc) is 4.15. The van der Waals surface area contributed by atoms with Crippen LogP contribution in [0.5, 0.6) is 17.2 Å². The lowest BCUT2D eigenvalue weighted by atomic mass is 9.81. The zero-order valence-electron chi connectivity index (χ0n) is 40.6. The van der Waals surface area contributed by atoms with E-state index in [0.717, 1.165) is 18.7 Å². The first-order valence-electron chi connectivity index (χ1n) is 23.6. The van der Waals surface area contributed by atoms with E-state index >= 15 is 18.0 Å². The van der Waals surface area contributed by atoms with E-state index in [9.17, 15) is 27.9 Å². The maximum Gasteiger partial charge on any atom is 0.408 e. The zero-order valence-corrected chi connectivity index (χ0v) is 41.4. The SMILES string of the molecule is CC[C@@H]1C[C@H](C)CCC=C[C@@H]2C[C@@]2(C(=O)NS(=O)(=O)C2(C)CC2)NC(=O)[C@@H]2C[C@@H](Oc3cc(-c4ccc(OC(C)C)c(F)c4)nc4cc(OC)ccc34)CN2C(=O)[C@H]1N(C(=O)O)C(C)(C)C(C)(F)F. The molecule has 7 atom stereocenters. The molecule has 19 heteroatoms. The molecule has 69 heavy (non-hydrogen) atoms. The van der Waals surface area contributed by atoms with Gasteiger partial charge in [-0.25, -0.2) is 31.4 Å². The number of alkyl halides is 2. The smallest absolute Gasteiger partial charge is 0.408 e. The van der Waals surface area contributed by atoms with Crippen molar-refractivity contribution in [2.24, 2.45) is 17.8 Å². The second kappa shape index (κ2) is 19.0. The number of aromatic nitrogens is 1. The molecule has 15 nitrogen and oxygen atoms in total. The van der Waals surface area contributed by atoms with E-state index in [0.29, 0.717) is 59.7 Å². The van der Waals surface area contributed by atoms with Crippen molar-refractivity contribution in [3.63, 3.8) is 0 Å². The lowest BCUT2D eigenvalue weighted by Gasteiger charge is -2.47. The molecular formula is C50H64F3N5O10S. The fourth-order valence-electron chi connectivity index (χ4n) is 9.58. The number of ether oxygens (including phenoxy) is 3. The van der Waals surface area contributed by atoms with Crippen LogP contribution in [0.15, 0.2) is 54.6 Å². The van der Waals surface area contributed by atoms with Gasteiger partial charge in [0.15, 0.2) is 11.6 Å². The normalized spacial score (nSPS) is 26.2. The number of hydrogen-bond donors (Lipinski definition) is 3. The lowest BCUT2D eigenvalue weighted by molar-refractivity contribution is -0.157. The summed E-state index contributed by atoms with van der Waals surface area (Å²) < 4.78 is 92.4. The van der Waals surface area contributed by atoms with Crippen molar-refractivity contribution < 1.29 is 60.1 Å². The Labute approximate surface area is 401 Å². The van der Waals surface area contributed by atoms with Gasteiger partial charge in [0.05, 0.1) is 35.7 Å². The topological polar surface area (TPSA) is 194 Å². The molecule has 2 aromatic carbocycles. The van der Waals surface area contributed by atoms with Crippen molar-refractivity contribution in [3.05, 3.63) is 60.4 Å². The Kier molecular flexibility index (Phi) is 14.1. The van der Waals surface area contributed by atoms with Gasteiger partial charge in [0, 0.05) is 42.3 Å². The van der Waals surface area contributed by atoms with E-state index in [1.54, 1.807) is 57.2 Å². The number of allylic oxidation sites excluding steroid dienone is 1. The molecule has 0 unspecified atom stereocenters. The quantitative estimate of drug-likeness (QED) is 0.140. The highest BCUT2D eigenvalue weighted by atomic mass is 32.2. The number of benzene rings is 2. The molecule has 4 aliphatic rings. The maximum absolute atomic E-state index is 15.7. The highest BCUT2D eigenvalue weighted by Gasteiger charge is 2.63. The van der Waals surface area contributed by atoms with Crippen molar-refractivity contribution in [2.45, 2.75) is 153 Å². The van der Waals surface area contributed by atoms with E-state index in [-0.39, 0.29) is 61.4 Å². The van der Waals surface area contributed by atoms with Crippen LogP contribution in [-0.4, -0.2) is 112 Å². The predicted octanol–water partition coefficient (Wildman–Crippen LogP) is 8.24. The van der Waals surface area contributed by atoms with Gasteiger partial charge >= 0.3 is 6.09 Å². The number of hydrogen-bond acceptors (Lipinski definition) is 10. The molecule has 0 spiro atoms. The molecule has 1 saturated heterocycles. The Balaban J connectivity index is 1.34. The Bertz CT molecular complexity index is 2640. The van der Waals surface area contributed by atoms with Gasteiger partial charge in [0.25, 0.3) is 11.8 Å². The number of fused-ring (bicyclic) bond motifs is 3. The number of carboxylic acid groups (broad SMARTS) is 1. The van der Waals surface area contributed by atoms with E-state index in [1.807, 2.05) is 13.0 Å². The number of sulfonamides is 1. The minimum Gasteiger partial charge on any atom is -0.497 e. The molecular weight excluding hydrogens is 920 g/mol. The monoisotopic (exact) mass is 983 g/mol. The Morgan fingerprint density at radius 1 is 1.07 bits per heavy atom. The number of carbonyl (C=O) groups is 4. The molecule has 3 fully saturated rings. The van der Waals surface area contributed by atoms with Crippen LogP contribution in [0.3, 0.4) is 0 Å². The van der Waals surface area contributed by atoms with E-state index < -0.39 is 91.4 Å². The third kappa shape index (κ3) is 10.2. The van der Waals surface area contributed by atoms with Crippen LogP contribution in [0, 0.1) is 23.6 Å². The van der Waals surface area contributed by atoms with Gasteiger partial charge in [-0.3, -0.25) is 24.0 Å². The average molecular weight is 984 g/mol. The number of nitrogens with zero attached hydrogens (tertiary/aromatic N) is 3. The number of halogens is 3. The van der Waals surface area contributed by atoms with Gasteiger partial charge in [0.1, 0.15) is 40.8 Å². The summed E-state index contributed by atoms with van der Waals surface area (Å²) in [6.45, 7) is 11.1. The van der Waals surface area contributed by atoms with Gasteiger partial charge < -0.3 is 29.5 Å². The molecule has 1 aromatic heterocycles. The number of methoxy groups -OCH3 is 1. The molecule has 3 N–H and O–H groups in total. The molecule has 3 aromatic rings. The second-order valence-electron chi connectivity index (χ2n) is 20.4. The van der Waals surface area contributed by atoms with Crippen LogP contribution in [0.2, 0.25) is 0 Å². The minimum atomic E-state index is -4.14. The maximum atomic E-state index is 15.7. The predicted molar refractivity (Wildman–Crippen MR) is 252 cm³/mol. The van der Waals surface area contributed by atoms with Gasteiger partial charge in [-0.05, 0) is 115 Å². The Morgan fingerprint density at radius 3 is 2.39 bits per heavy atom. The van der Waals surface area contributed by atoms with Crippen LogP contribution in [0.1, 0.15) is 107 Å². The fraction of sp³-hybridized carbons (Fsp3) is 0.580. The van der Waals surface area contributed by atoms with Gasteiger partial charge in [-0.2, -0.15) is 0 Å². The minimum absolute atomic E-state index is 0.0436. The Morgan fingerprint density at radius 2 is 1.78 bits per heavy atom. The molecule has 2 saturated carbocycles. The summed E-state index contributed by atoms with van der Waals surface area (Å²) in [5.74, 6) is -7.78. The standard InChI is InChI=1S/C50H64F3N5O10S/c1-10-30-21-29(4)13-11-12-14-32-26-50(32,45(61)56-69(64,65)48(7)19-20-48)55-43(59)39-24-34(27-57(39)44(60)42(30)58(46(62)63)47(5,6)49(8,52)53)68-41-25-37(54-38-23-33(66-9)16-17-35(38)41)31-15-18-40(36(51)22-31)67-28(2)3/h12,14-18,22-23,25,28-30,32,34,39,42H,10-11,13,19-21,24,26-27H2,1-9H3,(H,55,59)(H,56,61)(H,62,63)/t29-,30-,32-,34-,39+,42+,50-/m1/s1. The lowest BCUT2D eigenvalue weighted by Crippen LogP contribution is -2.67. The summed E-state index contributed by atoms with van der Waals surface area (Å²) in [5.41, 5.74) is -3.10. The Hall–Kier alpha value is -5.59. The van der Waals surface area contributed by atoms with Crippen LogP contribution < -0.4 is 24.2 Å². The molecule has 376 valence electrons. The van der Waals surface area contributed by atoms with Crippen LogP contribution >= 0.6 is 0 Å². The number of amides is 4. The van der Waals surface area contributed by atoms with E-state index in [1.165, 1.54) is 26.2 Å². The summed E-state index contributed by atoms with van der Waals surface area (Å²) in [5, 5.41) is 14.2. The van der Waals surface area contributed by atoms with E-state index in [4.69, 9.17) is 19.2 Å². The van der Waals surface area contributed by atoms with Gasteiger partial charge in [-0.15, -0.1) is 0 Å². The number of rotatable bonds is 13. The largest absolute Gasteiger partial charge is 0.497 e. The zero-order chi connectivity index (χ0) is 50.6. The van der Waals surface area contributed by atoms with Crippen LogP contribution in [0.4, 0.5) is 18.0 Å². The first-order chi connectivity index (χ1) is 32.3. The highest BCUT2D eigenvalue weighted by molar-refractivity contribution is 7.91. The van der Waals surface area contributed by atoms with Gasteiger partial charge in [0.2, 0.25) is 21.8 Å². The summed E-state index contributed by atoms with van der Waals surface area (Å²) in [7, 11) is -2.66. The number of carbonyl (C=O) groups excluding carboxylic acids is 3. The fourth-order valence-corrected chi connectivity index (χ4v) is 10.9. The molecule has 2 aliphatic heterocycles. The molecule has 4 amide bonds. The third-order valence-electron chi connectivity index (χ3n) is 14.6. The second-order valence-corrected chi connectivity index (χ2v) is 22.6. The van der Waals surface area contributed by atoms with Crippen molar-refractivity contribution in [1.82, 2.24) is 24.8 Å². The van der Waals surface area contributed by atoms with Crippen molar-refractivity contribution in [1.29, 1.82) is 0 Å². The molecule has 0 radical (unpaired) electrons. The first-order valence-corrected chi connectivity index (χ1v) is 25.1. The first kappa shape index (κ1) is 51.3. The summed E-state index contributed by atoms with van der Waals surface area (Å²) in [6, 6.07) is 7.85. The van der Waals surface area contributed by atoms with Crippen molar-refractivity contribution in [2.75, 3.05) is 13.7 Å². The van der Waals surface area contributed by atoms with E-state index in [2.05, 4.69) is 10.0 Å². The molecule has 7 rings (SSSR count). The third-order valence-corrected chi connectivity index (χ3v) is 16.8. The van der Waals surface area contributed by atoms with Crippen molar-refractivity contribution in [3.8, 4) is 28.5 Å². The van der Waals surface area contributed by atoms with Crippen LogP contribution in [-0.2, 0) is 24.4 Å². The molecule has 2 aliphatic carbocycles. The van der Waals surface area contributed by atoms with Crippen LogP contribution in [0.25, 0.3) is 22.2 Å². The van der Waals surface area contributed by atoms with Gasteiger partial charge in [-0.1, -0.05) is 32.4 Å². The summed E-state index contributed by atoms with van der Waals surface area (Å²) in [4.78, 5) is 64.6. The van der Waals surface area contributed by atoms with Crippen molar-refractivity contribution >= 4 is 44.7 Å². The number of pyridine rings is 1. The summed E-state index contributed by atoms with van der Waals surface area (Å²) >= 11 is 0. The molecule has 3 heterocycles. The molecule has 0 bridgehead atoms. The number of nitrogens with one attached hydrogen (secondary N) is 2. The highest BCUT2D eigenvalue weighted by Crippen LogP contribution is 2.48. The summed E-state index contributed by atoms with van der Waals surface area (Å²) in [6.07, 6.45) is 2.63.